The summed E-state index contributed by atoms with van der Waals surface area (Å²) < 4.78 is 0. The first-order valence-corrected chi connectivity index (χ1v) is 9.95. The molecule has 1 aliphatic heterocycles. The van der Waals surface area contributed by atoms with Gasteiger partial charge in [-0.15, -0.1) is 0 Å². The van der Waals surface area contributed by atoms with Crippen LogP contribution >= 0.6 is 0 Å². The molecule has 6 heteroatoms. The first-order valence-electron chi connectivity index (χ1n) is 9.95. The van der Waals surface area contributed by atoms with Gasteiger partial charge in [0.1, 0.15) is 6.04 Å². The molecule has 1 heterocycles. The summed E-state index contributed by atoms with van der Waals surface area (Å²) in [6.07, 6.45) is 6.31. The van der Waals surface area contributed by atoms with Crippen LogP contribution in [0.15, 0.2) is 30.3 Å². The average Bonchev–Trinajstić information content (AvgIpc) is 3.07. The second kappa shape index (κ2) is 9.02. The topological polar surface area (TPSA) is 86.7 Å². The predicted molar refractivity (Wildman–Crippen MR) is 101 cm³/mol. The Bertz CT molecular complexity index is 676. The maximum atomic E-state index is 13.1. The zero-order chi connectivity index (χ0) is 19.2. The number of benzene rings is 1. The monoisotopic (exact) mass is 372 g/mol. The van der Waals surface area contributed by atoms with Crippen molar-refractivity contribution in [2.75, 3.05) is 6.54 Å². The minimum absolute atomic E-state index is 0.0592. The van der Waals surface area contributed by atoms with Gasteiger partial charge in [0.15, 0.2) is 0 Å². The van der Waals surface area contributed by atoms with Crippen molar-refractivity contribution in [3.8, 4) is 0 Å². The fraction of sp³-hybridized carbons (Fsp3) is 0.571. The number of nitrogens with one attached hydrogen (secondary N) is 1. The summed E-state index contributed by atoms with van der Waals surface area (Å²) in [5.74, 6) is -0.588. The van der Waals surface area contributed by atoms with E-state index in [1.807, 2.05) is 23.1 Å². The Morgan fingerprint density at radius 3 is 2.56 bits per heavy atom. The molecule has 0 aromatic heterocycles. The van der Waals surface area contributed by atoms with Crippen molar-refractivity contribution in [2.24, 2.45) is 5.92 Å². The molecule has 3 unspecified atom stereocenters. The number of aliphatic carboxylic acids is 1. The van der Waals surface area contributed by atoms with Crippen molar-refractivity contribution in [1.29, 1.82) is 0 Å². The number of hydrogen-bond donors (Lipinski definition) is 2. The number of carboxylic acids is 1. The largest absolute Gasteiger partial charge is 0.481 e. The molecule has 2 fully saturated rings. The van der Waals surface area contributed by atoms with Crippen molar-refractivity contribution >= 4 is 17.8 Å². The maximum Gasteiger partial charge on any atom is 0.303 e. The van der Waals surface area contributed by atoms with Gasteiger partial charge in [0.2, 0.25) is 5.91 Å². The first kappa shape index (κ1) is 19.4. The highest BCUT2D eigenvalue weighted by Crippen LogP contribution is 2.40. The number of amides is 2. The number of fused-ring (bicyclic) bond motifs is 1. The number of likely N-dealkylation sites (tertiary alicyclic amines) is 1. The van der Waals surface area contributed by atoms with E-state index in [2.05, 4.69) is 5.32 Å². The van der Waals surface area contributed by atoms with Crippen LogP contribution in [-0.4, -0.2) is 46.4 Å². The molecule has 146 valence electrons. The summed E-state index contributed by atoms with van der Waals surface area (Å²) in [4.78, 5) is 38.4. The number of rotatable bonds is 7. The Kier molecular flexibility index (Phi) is 6.48. The van der Waals surface area contributed by atoms with Crippen LogP contribution in [0.4, 0.5) is 0 Å². The summed E-state index contributed by atoms with van der Waals surface area (Å²) in [5, 5.41) is 11.6. The smallest absolute Gasteiger partial charge is 0.303 e. The van der Waals surface area contributed by atoms with Crippen molar-refractivity contribution in [2.45, 2.75) is 63.5 Å². The van der Waals surface area contributed by atoms with Crippen LogP contribution in [0.3, 0.4) is 0 Å². The Morgan fingerprint density at radius 1 is 1.07 bits per heavy atom. The molecule has 0 spiro atoms. The van der Waals surface area contributed by atoms with Gasteiger partial charge < -0.3 is 15.3 Å². The number of nitrogens with zero attached hydrogens (tertiary/aromatic N) is 1. The third-order valence-corrected chi connectivity index (χ3v) is 5.76. The van der Waals surface area contributed by atoms with Gasteiger partial charge in [-0.3, -0.25) is 14.4 Å². The number of carbonyl (C=O) groups is 3. The van der Waals surface area contributed by atoms with Gasteiger partial charge in [0.25, 0.3) is 5.91 Å². The Balaban J connectivity index is 1.67. The molecule has 3 rings (SSSR count). The second-order valence-corrected chi connectivity index (χ2v) is 7.58. The van der Waals surface area contributed by atoms with E-state index >= 15 is 0 Å². The number of unbranched alkanes of at least 4 members (excludes halogenated alkanes) is 1. The zero-order valence-corrected chi connectivity index (χ0v) is 15.6. The van der Waals surface area contributed by atoms with Gasteiger partial charge in [0, 0.05) is 24.6 Å². The van der Waals surface area contributed by atoms with E-state index in [0.29, 0.717) is 30.9 Å². The Labute approximate surface area is 159 Å². The van der Waals surface area contributed by atoms with Crippen LogP contribution in [0, 0.1) is 5.92 Å². The van der Waals surface area contributed by atoms with Crippen LogP contribution in [0.5, 0.6) is 0 Å². The lowest BCUT2D eigenvalue weighted by Gasteiger charge is -2.33. The summed E-state index contributed by atoms with van der Waals surface area (Å²) in [6.45, 7) is 0.450. The molecule has 0 radical (unpaired) electrons. The quantitative estimate of drug-likeness (QED) is 0.721. The second-order valence-electron chi connectivity index (χ2n) is 7.58. The average molecular weight is 372 g/mol. The molecule has 1 saturated heterocycles. The molecule has 1 saturated carbocycles. The molecule has 3 atom stereocenters. The summed E-state index contributed by atoms with van der Waals surface area (Å²) in [5.41, 5.74) is 0.628. The third kappa shape index (κ3) is 4.67. The van der Waals surface area contributed by atoms with Crippen molar-refractivity contribution < 1.29 is 19.5 Å². The molecular weight excluding hydrogens is 344 g/mol. The number of carbonyl (C=O) groups excluding carboxylic acids is 2. The van der Waals surface area contributed by atoms with Crippen molar-refractivity contribution in [3.05, 3.63) is 35.9 Å². The molecule has 1 aliphatic carbocycles. The van der Waals surface area contributed by atoms with Crippen LogP contribution in [0.1, 0.15) is 61.7 Å². The summed E-state index contributed by atoms with van der Waals surface area (Å²) >= 11 is 0. The molecule has 2 N–H and O–H groups in total. The molecule has 2 amide bonds. The van der Waals surface area contributed by atoms with Crippen molar-refractivity contribution in [1.82, 2.24) is 10.2 Å². The van der Waals surface area contributed by atoms with Gasteiger partial charge in [-0.05, 0) is 50.2 Å². The lowest BCUT2D eigenvalue weighted by Crippen LogP contribution is -2.49. The zero-order valence-electron chi connectivity index (χ0n) is 15.6. The molecule has 6 nitrogen and oxygen atoms in total. The lowest BCUT2D eigenvalue weighted by molar-refractivity contribution is -0.137. The highest BCUT2D eigenvalue weighted by atomic mass is 16.4. The van der Waals surface area contributed by atoms with E-state index in [1.54, 1.807) is 12.1 Å². The van der Waals surface area contributed by atoms with E-state index < -0.39 is 12.0 Å². The van der Waals surface area contributed by atoms with E-state index in [0.717, 1.165) is 32.1 Å². The standard InChI is InChI=1S/C21H28N2O4/c24-19(25)12-6-7-13-22-20(26)18-14-16-10-4-5-11-17(16)23(18)21(27)15-8-2-1-3-9-15/h1-3,8-9,16-18H,4-7,10-14H2,(H,22,26)(H,24,25). The molecule has 1 aromatic rings. The van der Waals surface area contributed by atoms with E-state index in [4.69, 9.17) is 5.11 Å². The lowest BCUT2D eigenvalue weighted by atomic mass is 9.84. The van der Waals surface area contributed by atoms with Gasteiger partial charge in [-0.2, -0.15) is 0 Å². The highest BCUT2D eigenvalue weighted by molar-refractivity contribution is 5.98. The van der Waals surface area contributed by atoms with Crippen LogP contribution in [0.2, 0.25) is 0 Å². The first-order chi connectivity index (χ1) is 13.1. The SMILES string of the molecule is O=C(O)CCCCNC(=O)C1CC2CCCCC2N1C(=O)c1ccccc1. The third-order valence-electron chi connectivity index (χ3n) is 5.76. The predicted octanol–water partition coefficient (Wildman–Crippen LogP) is 2.83. The van der Waals surface area contributed by atoms with Gasteiger partial charge >= 0.3 is 5.97 Å². The van der Waals surface area contributed by atoms with Gasteiger partial charge in [0.05, 0.1) is 0 Å². The van der Waals surface area contributed by atoms with Crippen LogP contribution in [-0.2, 0) is 9.59 Å². The normalized spacial score (nSPS) is 24.3. The fourth-order valence-electron chi connectivity index (χ4n) is 4.45. The maximum absolute atomic E-state index is 13.1. The van der Waals surface area contributed by atoms with E-state index in [-0.39, 0.29) is 24.3 Å². The number of hydrogen-bond acceptors (Lipinski definition) is 3. The van der Waals surface area contributed by atoms with E-state index in [1.165, 1.54) is 0 Å². The van der Waals surface area contributed by atoms with E-state index in [9.17, 15) is 14.4 Å². The summed E-state index contributed by atoms with van der Waals surface area (Å²) in [7, 11) is 0. The molecular formula is C21H28N2O4. The Hall–Kier alpha value is -2.37. The highest BCUT2D eigenvalue weighted by Gasteiger charge is 2.47. The van der Waals surface area contributed by atoms with Crippen LogP contribution in [0.25, 0.3) is 0 Å². The molecule has 27 heavy (non-hydrogen) atoms. The van der Waals surface area contributed by atoms with Gasteiger partial charge in [-0.1, -0.05) is 31.0 Å². The van der Waals surface area contributed by atoms with Crippen LogP contribution < -0.4 is 5.32 Å². The molecule has 2 aliphatic rings. The van der Waals surface area contributed by atoms with Gasteiger partial charge in [-0.25, -0.2) is 0 Å². The minimum atomic E-state index is -0.819. The number of carboxylic acid groups (broad SMARTS) is 1. The summed E-state index contributed by atoms with van der Waals surface area (Å²) in [6, 6.07) is 8.90. The molecule has 1 aromatic carbocycles. The fourth-order valence-corrected chi connectivity index (χ4v) is 4.45. The molecule has 0 bridgehead atoms. The Morgan fingerprint density at radius 2 is 1.81 bits per heavy atom. The minimum Gasteiger partial charge on any atom is -0.481 e. The van der Waals surface area contributed by atoms with Crippen molar-refractivity contribution in [3.63, 3.8) is 0 Å².